The van der Waals surface area contributed by atoms with E-state index in [1.165, 1.54) is 36.0 Å². The van der Waals surface area contributed by atoms with Gasteiger partial charge in [-0.2, -0.15) is 5.10 Å². The van der Waals surface area contributed by atoms with Gasteiger partial charge in [0.05, 0.1) is 34.3 Å². The summed E-state index contributed by atoms with van der Waals surface area (Å²) in [6, 6.07) is 2.68. The lowest BCUT2D eigenvalue weighted by Gasteiger charge is -2.25. The first-order chi connectivity index (χ1) is 14.9. The van der Waals surface area contributed by atoms with Gasteiger partial charge in [-0.05, 0) is 19.8 Å². The first kappa shape index (κ1) is 21.1. The second-order valence-electron chi connectivity index (χ2n) is 7.50. The van der Waals surface area contributed by atoms with E-state index in [0.717, 1.165) is 6.07 Å². The molecule has 31 heavy (non-hydrogen) atoms. The van der Waals surface area contributed by atoms with Crippen LogP contribution in [0.25, 0.3) is 10.9 Å². The summed E-state index contributed by atoms with van der Waals surface area (Å²) in [5, 5.41) is 9.45. The molecule has 0 aliphatic carbocycles. The number of ether oxygens (including phenoxy) is 1. The van der Waals surface area contributed by atoms with Gasteiger partial charge in [0, 0.05) is 31.0 Å². The summed E-state index contributed by atoms with van der Waals surface area (Å²) in [6.07, 6.45) is 1.13. The predicted molar refractivity (Wildman–Crippen MR) is 107 cm³/mol. The van der Waals surface area contributed by atoms with Crippen LogP contribution in [0.15, 0.2) is 35.4 Å². The largest absolute Gasteiger partial charge is 0.381 e. The van der Waals surface area contributed by atoms with Gasteiger partial charge >= 0.3 is 0 Å². The van der Waals surface area contributed by atoms with E-state index < -0.39 is 29.8 Å². The summed E-state index contributed by atoms with van der Waals surface area (Å²) in [7, 11) is 0. The minimum atomic E-state index is -2.96. The minimum absolute atomic E-state index is 0.0512. The van der Waals surface area contributed by atoms with Crippen LogP contribution in [-0.4, -0.2) is 33.9 Å². The lowest BCUT2D eigenvalue weighted by atomic mass is 10.0. The second-order valence-corrected chi connectivity index (χ2v) is 7.50. The number of nitrogens with one attached hydrogen (secondary N) is 2. The smallest absolute Gasteiger partial charge is 0.266 e. The first-order valence-electron chi connectivity index (χ1n) is 9.91. The Morgan fingerprint density at radius 2 is 2.00 bits per heavy atom. The highest BCUT2D eigenvalue weighted by atomic mass is 19.3. The number of pyridine rings is 1. The van der Waals surface area contributed by atoms with Gasteiger partial charge in [0.25, 0.3) is 17.9 Å². The second kappa shape index (κ2) is 8.54. The Balaban J connectivity index is 1.68. The molecule has 2 aromatic heterocycles. The summed E-state index contributed by atoms with van der Waals surface area (Å²) in [4.78, 5) is 25.9. The lowest BCUT2D eigenvalue weighted by molar-refractivity contribution is 0.0687. The molecule has 0 bridgehead atoms. The van der Waals surface area contributed by atoms with Crippen LogP contribution in [0, 0.1) is 5.82 Å². The highest BCUT2D eigenvalue weighted by Gasteiger charge is 2.25. The van der Waals surface area contributed by atoms with Gasteiger partial charge in [-0.3, -0.25) is 14.7 Å². The van der Waals surface area contributed by atoms with Crippen molar-refractivity contribution in [1.29, 1.82) is 0 Å². The van der Waals surface area contributed by atoms with Crippen LogP contribution in [0.2, 0.25) is 0 Å². The molecule has 0 unspecified atom stereocenters. The van der Waals surface area contributed by atoms with E-state index in [1.807, 2.05) is 0 Å². The number of carbonyl (C=O) groups excluding carboxylic acids is 1. The Kier molecular flexibility index (Phi) is 5.81. The van der Waals surface area contributed by atoms with E-state index in [2.05, 4.69) is 15.5 Å². The van der Waals surface area contributed by atoms with E-state index >= 15 is 0 Å². The van der Waals surface area contributed by atoms with Gasteiger partial charge < -0.3 is 14.6 Å². The van der Waals surface area contributed by atoms with E-state index in [0.29, 0.717) is 26.1 Å². The normalized spacial score (nSPS) is 16.0. The molecule has 1 amide bonds. The van der Waals surface area contributed by atoms with Crippen molar-refractivity contribution in [2.45, 2.75) is 38.3 Å². The lowest BCUT2D eigenvalue weighted by Crippen LogP contribution is -2.32. The fourth-order valence-electron chi connectivity index (χ4n) is 3.89. The minimum Gasteiger partial charge on any atom is -0.381 e. The highest BCUT2D eigenvalue weighted by Crippen LogP contribution is 2.28. The van der Waals surface area contributed by atoms with Crippen molar-refractivity contribution in [2.75, 3.05) is 13.2 Å². The van der Waals surface area contributed by atoms with Crippen molar-refractivity contribution in [1.82, 2.24) is 20.1 Å². The molecule has 1 fully saturated rings. The monoisotopic (exact) mass is 434 g/mol. The summed E-state index contributed by atoms with van der Waals surface area (Å²) >= 11 is 0. The quantitative estimate of drug-likeness (QED) is 0.642. The maximum absolute atomic E-state index is 14.5. The zero-order valence-electron chi connectivity index (χ0n) is 16.7. The van der Waals surface area contributed by atoms with Gasteiger partial charge in [0.2, 0.25) is 0 Å². The van der Waals surface area contributed by atoms with Crippen LogP contribution in [0.3, 0.4) is 0 Å². The maximum atomic E-state index is 14.5. The average Bonchev–Trinajstić information content (AvgIpc) is 3.25. The third-order valence-corrected chi connectivity index (χ3v) is 5.58. The van der Waals surface area contributed by atoms with Crippen molar-refractivity contribution in [3.8, 4) is 0 Å². The fraction of sp³-hybridized carbons (Fsp3) is 0.381. The number of hydrogen-bond donors (Lipinski definition) is 2. The summed E-state index contributed by atoms with van der Waals surface area (Å²) in [5.74, 6) is -1.63. The van der Waals surface area contributed by atoms with Crippen LogP contribution in [0.1, 0.15) is 59.8 Å². The summed E-state index contributed by atoms with van der Waals surface area (Å²) in [5.41, 5.74) is -0.612. The van der Waals surface area contributed by atoms with Gasteiger partial charge in [-0.15, -0.1) is 0 Å². The molecule has 3 heterocycles. The highest BCUT2D eigenvalue weighted by molar-refractivity contribution is 6.05. The van der Waals surface area contributed by atoms with Gasteiger partial charge in [0.15, 0.2) is 0 Å². The molecule has 164 valence electrons. The molecule has 3 aromatic rings. The third kappa shape index (κ3) is 3.95. The Hall–Kier alpha value is -3.14. The molecule has 4 rings (SSSR count). The Morgan fingerprint density at radius 1 is 1.29 bits per heavy atom. The van der Waals surface area contributed by atoms with Crippen LogP contribution < -0.4 is 10.9 Å². The fourth-order valence-corrected chi connectivity index (χ4v) is 3.89. The number of rotatable bonds is 5. The number of fused-ring (bicyclic) bond motifs is 1. The SMILES string of the molecule is C[C@@H](NC(=O)c1cn(C2CCOCC2)c(=O)c2cn[nH]c12)c1cccc(C(F)F)c1F. The van der Waals surface area contributed by atoms with Crippen molar-refractivity contribution in [3.05, 3.63) is 63.5 Å². The number of aromatic nitrogens is 3. The van der Waals surface area contributed by atoms with Gasteiger partial charge in [-0.1, -0.05) is 18.2 Å². The Bertz CT molecular complexity index is 1170. The molecule has 0 spiro atoms. The molecule has 10 heteroatoms. The van der Waals surface area contributed by atoms with Crippen LogP contribution in [-0.2, 0) is 4.74 Å². The van der Waals surface area contributed by atoms with Crippen LogP contribution >= 0.6 is 0 Å². The summed E-state index contributed by atoms with van der Waals surface area (Å²) in [6.45, 7) is 2.53. The number of carbonyl (C=O) groups is 1. The summed E-state index contributed by atoms with van der Waals surface area (Å²) < 4.78 is 47.4. The first-order valence-corrected chi connectivity index (χ1v) is 9.91. The standard InChI is InChI=1S/C21H21F3N4O3/c1-11(13-3-2-4-14(17(13)22)19(23)24)26-20(29)16-10-28(12-5-7-31-8-6-12)21(30)15-9-25-27-18(15)16/h2-4,9-12,19H,5-8H2,1H3,(H,25,27)(H,26,29)/t11-/m1/s1. The van der Waals surface area contributed by atoms with Crippen molar-refractivity contribution in [2.24, 2.45) is 0 Å². The zero-order valence-corrected chi connectivity index (χ0v) is 16.7. The number of nitrogens with zero attached hydrogens (tertiary/aromatic N) is 2. The topological polar surface area (TPSA) is 89.0 Å². The number of benzene rings is 1. The number of alkyl halides is 2. The molecule has 7 nitrogen and oxygen atoms in total. The molecule has 1 aliphatic heterocycles. The van der Waals surface area contributed by atoms with Crippen LogP contribution in [0.5, 0.6) is 0 Å². The van der Waals surface area contributed by atoms with Crippen molar-refractivity contribution in [3.63, 3.8) is 0 Å². The number of hydrogen-bond acceptors (Lipinski definition) is 4. The molecule has 2 N–H and O–H groups in total. The maximum Gasteiger partial charge on any atom is 0.266 e. The molecule has 1 saturated heterocycles. The third-order valence-electron chi connectivity index (χ3n) is 5.58. The molecule has 1 aliphatic rings. The molecular formula is C21H21F3N4O3. The molecule has 1 atom stereocenters. The van der Waals surface area contributed by atoms with E-state index in [-0.39, 0.29) is 33.6 Å². The van der Waals surface area contributed by atoms with E-state index in [4.69, 9.17) is 4.74 Å². The zero-order chi connectivity index (χ0) is 22.1. The number of aromatic amines is 1. The molecule has 0 saturated carbocycles. The number of H-pyrrole nitrogens is 1. The average molecular weight is 434 g/mol. The predicted octanol–water partition coefficient (Wildman–Crippen LogP) is 3.64. The van der Waals surface area contributed by atoms with Gasteiger partial charge in [0.1, 0.15) is 5.82 Å². The van der Waals surface area contributed by atoms with Crippen molar-refractivity contribution < 1.29 is 22.7 Å². The molecule has 1 aromatic carbocycles. The molecular weight excluding hydrogens is 413 g/mol. The number of halogens is 3. The van der Waals surface area contributed by atoms with Crippen LogP contribution in [0.4, 0.5) is 13.2 Å². The van der Waals surface area contributed by atoms with E-state index in [1.54, 1.807) is 0 Å². The molecule has 0 radical (unpaired) electrons. The van der Waals surface area contributed by atoms with Crippen molar-refractivity contribution >= 4 is 16.8 Å². The Labute approximate surface area is 175 Å². The van der Waals surface area contributed by atoms with E-state index in [9.17, 15) is 22.8 Å². The van der Waals surface area contributed by atoms with Gasteiger partial charge in [-0.25, -0.2) is 13.2 Å². The number of amides is 1. The Morgan fingerprint density at radius 3 is 2.71 bits per heavy atom.